The summed E-state index contributed by atoms with van der Waals surface area (Å²) in [4.78, 5) is 0. The second kappa shape index (κ2) is 5.46. The van der Waals surface area contributed by atoms with Crippen molar-refractivity contribution in [3.05, 3.63) is 60.7 Å². The van der Waals surface area contributed by atoms with Crippen molar-refractivity contribution in [3.63, 3.8) is 0 Å². The van der Waals surface area contributed by atoms with Crippen LogP contribution in [0.2, 0.25) is 19.6 Å². The molecule has 0 saturated carbocycles. The Hall–Kier alpha value is -2.33. The molecule has 1 aromatic heterocycles. The first-order valence-corrected chi connectivity index (χ1v) is 11.0. The van der Waals surface area contributed by atoms with E-state index in [0.717, 1.165) is 16.9 Å². The van der Waals surface area contributed by atoms with E-state index in [4.69, 9.17) is 5.73 Å². The fraction of sp³-hybridized carbons (Fsp3) is 0.167. The highest BCUT2D eigenvalue weighted by molar-refractivity contribution is 6.88. The minimum Gasteiger partial charge on any atom is -0.384 e. The normalized spacial score (nSPS) is 11.6. The summed E-state index contributed by atoms with van der Waals surface area (Å²) in [6, 6.07) is 20.6. The number of rotatable bonds is 3. The van der Waals surface area contributed by atoms with Gasteiger partial charge < -0.3 is 5.73 Å². The first-order chi connectivity index (χ1) is 10.4. The van der Waals surface area contributed by atoms with Crippen LogP contribution in [0.25, 0.3) is 16.9 Å². The topological polar surface area (TPSA) is 43.8 Å². The molecule has 2 N–H and O–H groups in total. The number of nitrogens with two attached hydrogens (primary N) is 1. The van der Waals surface area contributed by atoms with E-state index in [9.17, 15) is 0 Å². The van der Waals surface area contributed by atoms with Crippen molar-refractivity contribution in [1.29, 1.82) is 0 Å². The second-order valence-electron chi connectivity index (χ2n) is 6.53. The average Bonchev–Trinajstić information content (AvgIpc) is 2.89. The maximum atomic E-state index is 6.12. The highest BCUT2D eigenvalue weighted by atomic mass is 28.3. The van der Waals surface area contributed by atoms with Gasteiger partial charge in [0.1, 0.15) is 5.82 Å². The zero-order valence-electron chi connectivity index (χ0n) is 13.2. The predicted octanol–water partition coefficient (Wildman–Crippen LogP) is 3.67. The molecule has 3 aromatic rings. The van der Waals surface area contributed by atoms with Gasteiger partial charge in [0.25, 0.3) is 0 Å². The molecule has 0 spiro atoms. The van der Waals surface area contributed by atoms with Gasteiger partial charge in [0, 0.05) is 11.6 Å². The first kappa shape index (κ1) is 14.6. The molecule has 0 saturated heterocycles. The Morgan fingerprint density at radius 1 is 0.909 bits per heavy atom. The van der Waals surface area contributed by atoms with Crippen LogP contribution in [0.5, 0.6) is 0 Å². The molecule has 3 rings (SSSR count). The number of benzene rings is 2. The zero-order chi connectivity index (χ0) is 15.7. The van der Waals surface area contributed by atoms with Gasteiger partial charge in [-0.1, -0.05) is 67.3 Å². The Labute approximate surface area is 132 Å². The van der Waals surface area contributed by atoms with Crippen LogP contribution in [0.15, 0.2) is 60.7 Å². The largest absolute Gasteiger partial charge is 0.384 e. The van der Waals surface area contributed by atoms with Gasteiger partial charge in [-0.15, -0.1) is 0 Å². The van der Waals surface area contributed by atoms with Crippen LogP contribution < -0.4 is 10.9 Å². The Bertz CT molecular complexity index is 768. The van der Waals surface area contributed by atoms with E-state index < -0.39 is 8.07 Å². The second-order valence-corrected chi connectivity index (χ2v) is 11.6. The van der Waals surface area contributed by atoms with Crippen molar-refractivity contribution in [1.82, 2.24) is 9.78 Å². The Morgan fingerprint density at radius 3 is 2.14 bits per heavy atom. The summed E-state index contributed by atoms with van der Waals surface area (Å²) in [6.07, 6.45) is 0. The van der Waals surface area contributed by atoms with E-state index in [-0.39, 0.29) is 0 Å². The number of hydrogen-bond acceptors (Lipinski definition) is 2. The third-order valence-corrected chi connectivity index (χ3v) is 5.85. The van der Waals surface area contributed by atoms with Crippen molar-refractivity contribution in [2.75, 3.05) is 5.73 Å². The number of para-hydroxylation sites is 1. The van der Waals surface area contributed by atoms with Crippen LogP contribution in [0, 0.1) is 0 Å². The van der Waals surface area contributed by atoms with Crippen molar-refractivity contribution in [2.24, 2.45) is 0 Å². The molecule has 22 heavy (non-hydrogen) atoms. The predicted molar refractivity (Wildman–Crippen MR) is 96.4 cm³/mol. The molecule has 0 atom stereocenters. The summed E-state index contributed by atoms with van der Waals surface area (Å²) in [5.74, 6) is 0.649. The molecule has 0 aliphatic rings. The molecule has 0 bridgehead atoms. The van der Waals surface area contributed by atoms with Crippen LogP contribution in [0.1, 0.15) is 0 Å². The maximum Gasteiger partial charge on any atom is 0.127 e. The highest BCUT2D eigenvalue weighted by Crippen LogP contribution is 2.22. The molecule has 112 valence electrons. The quantitative estimate of drug-likeness (QED) is 0.750. The molecule has 0 aliphatic carbocycles. The van der Waals surface area contributed by atoms with Crippen LogP contribution in [-0.2, 0) is 0 Å². The lowest BCUT2D eigenvalue weighted by atomic mass is 10.1. The van der Waals surface area contributed by atoms with Crippen LogP contribution in [0.4, 0.5) is 5.82 Å². The van der Waals surface area contributed by atoms with Gasteiger partial charge in [0.2, 0.25) is 0 Å². The minimum atomic E-state index is -1.27. The van der Waals surface area contributed by atoms with E-state index in [1.807, 2.05) is 36.4 Å². The molecule has 0 aliphatic heterocycles. The Balaban J connectivity index is 1.97. The van der Waals surface area contributed by atoms with Crippen LogP contribution in [0.3, 0.4) is 0 Å². The van der Waals surface area contributed by atoms with Crippen LogP contribution >= 0.6 is 0 Å². The van der Waals surface area contributed by atoms with Gasteiger partial charge in [0.05, 0.1) is 19.5 Å². The van der Waals surface area contributed by atoms with E-state index in [2.05, 4.69) is 49.0 Å². The number of hydrogen-bond donors (Lipinski definition) is 1. The lowest BCUT2D eigenvalue weighted by Gasteiger charge is -2.16. The van der Waals surface area contributed by atoms with Gasteiger partial charge in [-0.25, -0.2) is 4.68 Å². The molecule has 1 heterocycles. The fourth-order valence-electron chi connectivity index (χ4n) is 2.45. The molecule has 4 heteroatoms. The molecule has 0 unspecified atom stereocenters. The van der Waals surface area contributed by atoms with Crippen molar-refractivity contribution in [2.45, 2.75) is 19.6 Å². The van der Waals surface area contributed by atoms with E-state index in [1.165, 1.54) is 5.19 Å². The average molecular weight is 307 g/mol. The maximum absolute atomic E-state index is 6.12. The molecular weight excluding hydrogens is 286 g/mol. The zero-order valence-corrected chi connectivity index (χ0v) is 14.2. The van der Waals surface area contributed by atoms with Crippen LogP contribution in [-0.4, -0.2) is 17.9 Å². The van der Waals surface area contributed by atoms with Crippen molar-refractivity contribution in [3.8, 4) is 16.9 Å². The third-order valence-electron chi connectivity index (χ3n) is 3.78. The van der Waals surface area contributed by atoms with Gasteiger partial charge in [-0.3, -0.25) is 0 Å². The van der Waals surface area contributed by atoms with Gasteiger partial charge in [0.15, 0.2) is 0 Å². The summed E-state index contributed by atoms with van der Waals surface area (Å²) in [7, 11) is -1.27. The minimum absolute atomic E-state index is 0.649. The number of nitrogen functional groups attached to an aromatic ring is 1. The SMILES string of the molecule is C[Si](C)(C)c1ccc(-c2cc(N)n(-c3ccccc3)n2)cc1. The number of nitrogens with zero attached hydrogens (tertiary/aromatic N) is 2. The first-order valence-electron chi connectivity index (χ1n) is 7.47. The summed E-state index contributed by atoms with van der Waals surface area (Å²) in [5, 5.41) is 6.10. The lowest BCUT2D eigenvalue weighted by Crippen LogP contribution is -2.37. The van der Waals surface area contributed by atoms with Gasteiger partial charge in [-0.05, 0) is 12.1 Å². The molecule has 0 radical (unpaired) electrons. The van der Waals surface area contributed by atoms with Gasteiger partial charge in [-0.2, -0.15) is 5.10 Å². The monoisotopic (exact) mass is 307 g/mol. The standard InChI is InChI=1S/C18H21N3Si/c1-22(2,3)16-11-9-14(10-12-16)17-13-18(19)21(20-17)15-7-5-4-6-8-15/h4-13H,19H2,1-3H3. The molecule has 0 amide bonds. The van der Waals surface area contributed by atoms with E-state index >= 15 is 0 Å². The molecule has 3 nitrogen and oxygen atoms in total. The fourth-order valence-corrected chi connectivity index (χ4v) is 3.62. The smallest absolute Gasteiger partial charge is 0.127 e. The Kier molecular flexibility index (Phi) is 3.62. The summed E-state index contributed by atoms with van der Waals surface area (Å²) in [6.45, 7) is 7.05. The molecule has 2 aromatic carbocycles. The highest BCUT2D eigenvalue weighted by Gasteiger charge is 2.16. The van der Waals surface area contributed by atoms with Crippen molar-refractivity contribution >= 4 is 19.1 Å². The Morgan fingerprint density at radius 2 is 1.55 bits per heavy atom. The summed E-state index contributed by atoms with van der Waals surface area (Å²) < 4.78 is 1.78. The van der Waals surface area contributed by atoms with Gasteiger partial charge >= 0.3 is 0 Å². The van der Waals surface area contributed by atoms with E-state index in [0.29, 0.717) is 5.82 Å². The summed E-state index contributed by atoms with van der Waals surface area (Å²) >= 11 is 0. The summed E-state index contributed by atoms with van der Waals surface area (Å²) in [5.41, 5.74) is 9.10. The molecule has 0 fully saturated rings. The number of aromatic nitrogens is 2. The molecular formula is C18H21N3Si. The van der Waals surface area contributed by atoms with E-state index in [1.54, 1.807) is 4.68 Å². The number of anilines is 1. The third kappa shape index (κ3) is 2.83. The lowest BCUT2D eigenvalue weighted by molar-refractivity contribution is 0.895. The van der Waals surface area contributed by atoms with Crippen molar-refractivity contribution < 1.29 is 0 Å².